The zero-order valence-electron chi connectivity index (χ0n) is 10.3. The van der Waals surface area contributed by atoms with Crippen LogP contribution in [0.15, 0.2) is 16.6 Å². The molecule has 1 aromatic rings. The summed E-state index contributed by atoms with van der Waals surface area (Å²) in [6.45, 7) is 5.17. The molecule has 0 radical (unpaired) electrons. The van der Waals surface area contributed by atoms with E-state index in [0.717, 1.165) is 42.1 Å². The Balaban J connectivity index is 2.08. The van der Waals surface area contributed by atoms with Crippen LogP contribution in [0.5, 0.6) is 5.75 Å². The summed E-state index contributed by atoms with van der Waals surface area (Å²) in [5.41, 5.74) is 0.933. The molecule has 3 nitrogen and oxygen atoms in total. The normalized spacial score (nSPS) is 18.9. The maximum Gasteiger partial charge on any atom is 0.156 e. The second-order valence-corrected chi connectivity index (χ2v) is 5.60. The zero-order chi connectivity index (χ0) is 13.0. The highest BCUT2D eigenvalue weighted by atomic mass is 79.9. The molecule has 5 heteroatoms. The molecule has 1 aliphatic heterocycles. The quantitative estimate of drug-likeness (QED) is 0.884. The van der Waals surface area contributed by atoms with E-state index in [1.165, 1.54) is 0 Å². The lowest BCUT2D eigenvalue weighted by molar-refractivity contribution is 0.187. The van der Waals surface area contributed by atoms with Crippen molar-refractivity contribution in [3.8, 4) is 5.75 Å². The van der Waals surface area contributed by atoms with Gasteiger partial charge in [0.05, 0.1) is 23.4 Å². The van der Waals surface area contributed by atoms with Crippen molar-refractivity contribution in [3.05, 3.63) is 21.6 Å². The molecular weight excluding hydrogens is 318 g/mol. The Morgan fingerprint density at radius 1 is 1.56 bits per heavy atom. The lowest BCUT2D eigenvalue weighted by Crippen LogP contribution is -2.14. The zero-order valence-corrected chi connectivity index (χ0v) is 12.7. The van der Waals surface area contributed by atoms with Gasteiger partial charge in [0, 0.05) is 24.1 Å². The average Bonchev–Trinajstić information content (AvgIpc) is 2.83. The van der Waals surface area contributed by atoms with Gasteiger partial charge in [0.15, 0.2) is 5.75 Å². The van der Waals surface area contributed by atoms with Crippen LogP contribution in [0.4, 0.5) is 5.69 Å². The standard InChI is InChI=1S/C13H17BrClNO2/c1-2-18-13-11(14)5-10(15)6-12(13)16-7-9-3-4-17-8-9/h5-6,9,16H,2-4,7-8H2,1H3. The van der Waals surface area contributed by atoms with Crippen molar-refractivity contribution in [1.82, 2.24) is 0 Å². The van der Waals surface area contributed by atoms with E-state index in [1.807, 2.05) is 19.1 Å². The van der Waals surface area contributed by atoms with Crippen molar-refractivity contribution in [2.24, 2.45) is 5.92 Å². The van der Waals surface area contributed by atoms with Crippen molar-refractivity contribution >= 4 is 33.2 Å². The molecular formula is C13H17BrClNO2. The van der Waals surface area contributed by atoms with Crippen LogP contribution in [0.1, 0.15) is 13.3 Å². The van der Waals surface area contributed by atoms with E-state index in [4.69, 9.17) is 21.1 Å². The molecule has 1 heterocycles. The highest BCUT2D eigenvalue weighted by molar-refractivity contribution is 9.10. The SMILES string of the molecule is CCOc1c(Br)cc(Cl)cc1NCC1CCOC1. The Labute approximate surface area is 121 Å². The van der Waals surface area contributed by atoms with Gasteiger partial charge in [0.2, 0.25) is 0 Å². The van der Waals surface area contributed by atoms with Crippen molar-refractivity contribution in [1.29, 1.82) is 0 Å². The van der Waals surface area contributed by atoms with Crippen LogP contribution in [-0.4, -0.2) is 26.4 Å². The smallest absolute Gasteiger partial charge is 0.156 e. The first-order chi connectivity index (χ1) is 8.70. The highest BCUT2D eigenvalue weighted by Gasteiger charge is 2.17. The summed E-state index contributed by atoms with van der Waals surface area (Å²) in [6, 6.07) is 3.74. The van der Waals surface area contributed by atoms with Gasteiger partial charge < -0.3 is 14.8 Å². The molecule has 0 aromatic heterocycles. The lowest BCUT2D eigenvalue weighted by atomic mass is 10.1. The molecule has 100 valence electrons. The lowest BCUT2D eigenvalue weighted by Gasteiger charge is -2.16. The first-order valence-corrected chi connectivity index (χ1v) is 7.31. The van der Waals surface area contributed by atoms with Crippen molar-refractivity contribution in [2.75, 3.05) is 31.7 Å². The molecule has 0 spiro atoms. The number of rotatable bonds is 5. The summed E-state index contributed by atoms with van der Waals surface area (Å²) in [4.78, 5) is 0. The maximum atomic E-state index is 6.07. The number of benzene rings is 1. The number of hydrogen-bond acceptors (Lipinski definition) is 3. The van der Waals surface area contributed by atoms with E-state index in [9.17, 15) is 0 Å². The number of anilines is 1. The third kappa shape index (κ3) is 3.53. The molecule has 0 bridgehead atoms. The Morgan fingerprint density at radius 2 is 2.39 bits per heavy atom. The van der Waals surface area contributed by atoms with Gasteiger partial charge >= 0.3 is 0 Å². The van der Waals surface area contributed by atoms with E-state index in [-0.39, 0.29) is 0 Å². The van der Waals surface area contributed by atoms with Gasteiger partial charge in [0.25, 0.3) is 0 Å². The highest BCUT2D eigenvalue weighted by Crippen LogP contribution is 2.36. The molecule has 1 N–H and O–H groups in total. The predicted octanol–water partition coefficient (Wildman–Crippen LogP) is 3.95. The molecule has 2 rings (SSSR count). The topological polar surface area (TPSA) is 30.5 Å². The third-order valence-corrected chi connectivity index (χ3v) is 3.71. The summed E-state index contributed by atoms with van der Waals surface area (Å²) < 4.78 is 11.9. The molecule has 1 saturated heterocycles. The monoisotopic (exact) mass is 333 g/mol. The van der Waals surface area contributed by atoms with Gasteiger partial charge in [-0.3, -0.25) is 0 Å². The minimum atomic E-state index is 0.567. The molecule has 18 heavy (non-hydrogen) atoms. The van der Waals surface area contributed by atoms with Crippen molar-refractivity contribution in [3.63, 3.8) is 0 Å². The number of hydrogen-bond donors (Lipinski definition) is 1. The molecule has 1 atom stereocenters. The largest absolute Gasteiger partial charge is 0.491 e. The second kappa shape index (κ2) is 6.64. The van der Waals surface area contributed by atoms with Gasteiger partial charge in [-0.2, -0.15) is 0 Å². The molecule has 0 amide bonds. The van der Waals surface area contributed by atoms with Crippen LogP contribution in [-0.2, 0) is 4.74 Å². The number of nitrogens with one attached hydrogen (secondary N) is 1. The fourth-order valence-corrected chi connectivity index (χ4v) is 2.91. The fourth-order valence-electron chi connectivity index (χ4n) is 1.98. The second-order valence-electron chi connectivity index (χ2n) is 4.31. The number of halogens is 2. The van der Waals surface area contributed by atoms with Crippen LogP contribution in [0.2, 0.25) is 5.02 Å². The summed E-state index contributed by atoms with van der Waals surface area (Å²) in [7, 11) is 0. The van der Waals surface area contributed by atoms with Crippen LogP contribution in [0.3, 0.4) is 0 Å². The fraction of sp³-hybridized carbons (Fsp3) is 0.538. The summed E-state index contributed by atoms with van der Waals surface area (Å²) in [5.74, 6) is 1.39. The van der Waals surface area contributed by atoms with E-state index in [2.05, 4.69) is 21.2 Å². The Hall–Kier alpha value is -0.450. The van der Waals surface area contributed by atoms with E-state index < -0.39 is 0 Å². The van der Waals surface area contributed by atoms with E-state index in [0.29, 0.717) is 17.5 Å². The summed E-state index contributed by atoms with van der Waals surface area (Å²) in [6.07, 6.45) is 1.11. The van der Waals surface area contributed by atoms with Gasteiger partial charge in [-0.05, 0) is 41.4 Å². The van der Waals surface area contributed by atoms with Crippen LogP contribution < -0.4 is 10.1 Å². The minimum absolute atomic E-state index is 0.567. The first kappa shape index (κ1) is 14.0. The molecule has 0 saturated carbocycles. The van der Waals surface area contributed by atoms with Crippen LogP contribution in [0.25, 0.3) is 0 Å². The molecule has 1 fully saturated rings. The Kier molecular flexibility index (Phi) is 5.15. The van der Waals surface area contributed by atoms with Gasteiger partial charge in [-0.1, -0.05) is 11.6 Å². The molecule has 1 unspecified atom stereocenters. The van der Waals surface area contributed by atoms with E-state index >= 15 is 0 Å². The van der Waals surface area contributed by atoms with E-state index in [1.54, 1.807) is 0 Å². The van der Waals surface area contributed by atoms with Gasteiger partial charge in [0.1, 0.15) is 0 Å². The average molecular weight is 335 g/mol. The number of ether oxygens (including phenoxy) is 2. The Bertz CT molecular complexity index is 408. The van der Waals surface area contributed by atoms with Crippen molar-refractivity contribution in [2.45, 2.75) is 13.3 Å². The van der Waals surface area contributed by atoms with Crippen LogP contribution >= 0.6 is 27.5 Å². The molecule has 1 aromatic carbocycles. The predicted molar refractivity (Wildman–Crippen MR) is 77.7 cm³/mol. The minimum Gasteiger partial charge on any atom is -0.491 e. The summed E-state index contributed by atoms with van der Waals surface area (Å²) >= 11 is 9.55. The molecule has 1 aliphatic rings. The maximum absolute atomic E-state index is 6.07. The van der Waals surface area contributed by atoms with Gasteiger partial charge in [-0.25, -0.2) is 0 Å². The molecule has 0 aliphatic carbocycles. The van der Waals surface area contributed by atoms with Crippen molar-refractivity contribution < 1.29 is 9.47 Å². The Morgan fingerprint density at radius 3 is 3.06 bits per heavy atom. The third-order valence-electron chi connectivity index (χ3n) is 2.90. The van der Waals surface area contributed by atoms with Crippen LogP contribution in [0, 0.1) is 5.92 Å². The summed E-state index contributed by atoms with van der Waals surface area (Å²) in [5, 5.41) is 4.09. The first-order valence-electron chi connectivity index (χ1n) is 6.14. The van der Waals surface area contributed by atoms with Gasteiger partial charge in [-0.15, -0.1) is 0 Å².